The molecule has 0 aromatic heterocycles. The molecule has 1 aromatic rings. The van der Waals surface area contributed by atoms with Gasteiger partial charge in [0.05, 0.1) is 7.11 Å². The van der Waals surface area contributed by atoms with Gasteiger partial charge in [-0.1, -0.05) is 0 Å². The summed E-state index contributed by atoms with van der Waals surface area (Å²) >= 11 is 0. The lowest BCUT2D eigenvalue weighted by Crippen LogP contribution is -2.16. The number of methoxy groups -OCH3 is 1. The van der Waals surface area contributed by atoms with Crippen molar-refractivity contribution in [2.24, 2.45) is 5.92 Å². The monoisotopic (exact) mass is 216 g/mol. The Morgan fingerprint density at radius 2 is 2.00 bits per heavy atom. The Balaban J connectivity index is 2.32. The van der Waals surface area contributed by atoms with Crippen molar-refractivity contribution >= 4 is 0 Å². The van der Waals surface area contributed by atoms with Gasteiger partial charge in [0, 0.05) is 11.5 Å². The molecule has 1 aromatic carbocycles. The second-order valence-corrected chi connectivity index (χ2v) is 3.75. The molecule has 0 bridgehead atoms. The summed E-state index contributed by atoms with van der Waals surface area (Å²) in [6.45, 7) is 0. The highest BCUT2D eigenvalue weighted by atomic mass is 19.3. The molecule has 0 amide bonds. The van der Waals surface area contributed by atoms with Gasteiger partial charge in [-0.15, -0.1) is 0 Å². The third-order valence-corrected chi connectivity index (χ3v) is 2.63. The van der Waals surface area contributed by atoms with Crippen LogP contribution >= 0.6 is 0 Å². The van der Waals surface area contributed by atoms with Crippen LogP contribution in [0.5, 0.6) is 5.75 Å². The molecule has 2 rings (SSSR count). The average Bonchev–Trinajstić information content (AvgIpc) is 3.00. The lowest BCUT2D eigenvalue weighted by Gasteiger charge is -2.16. The van der Waals surface area contributed by atoms with Crippen LogP contribution in [0.1, 0.15) is 18.4 Å². The lowest BCUT2D eigenvalue weighted by molar-refractivity contribution is -0.0288. The number of benzene rings is 1. The normalized spacial score (nSPS) is 16.5. The quantitative estimate of drug-likeness (QED) is 0.753. The molecule has 1 aliphatic carbocycles. The van der Waals surface area contributed by atoms with Crippen LogP contribution in [0.3, 0.4) is 0 Å². The average molecular weight is 216 g/mol. The summed E-state index contributed by atoms with van der Waals surface area (Å²) in [6, 6.07) is 3.32. The smallest absolute Gasteiger partial charge is 0.276 e. The zero-order valence-corrected chi connectivity index (χ0v) is 8.27. The highest BCUT2D eigenvalue weighted by molar-refractivity contribution is 5.32. The van der Waals surface area contributed by atoms with E-state index >= 15 is 0 Å². The summed E-state index contributed by atoms with van der Waals surface area (Å²) in [5, 5.41) is 0. The van der Waals surface area contributed by atoms with Crippen molar-refractivity contribution in [2.45, 2.75) is 18.8 Å². The highest BCUT2D eigenvalue weighted by Gasteiger charge is 2.48. The number of ether oxygens (including phenoxy) is 1. The van der Waals surface area contributed by atoms with Gasteiger partial charge >= 0.3 is 0 Å². The molecular weight excluding hydrogens is 205 g/mol. The van der Waals surface area contributed by atoms with E-state index in [4.69, 9.17) is 0 Å². The molecule has 0 atom stereocenters. The molecule has 0 N–H and O–H groups in total. The van der Waals surface area contributed by atoms with E-state index in [2.05, 4.69) is 4.74 Å². The summed E-state index contributed by atoms with van der Waals surface area (Å²) in [6.07, 6.45) is 1.03. The van der Waals surface area contributed by atoms with Gasteiger partial charge in [-0.2, -0.15) is 0 Å². The molecule has 82 valence electrons. The fraction of sp³-hybridized carbons (Fsp3) is 0.455. The molecular formula is C11H11F3O. The number of rotatable bonds is 3. The van der Waals surface area contributed by atoms with E-state index in [0.29, 0.717) is 12.8 Å². The van der Waals surface area contributed by atoms with Gasteiger partial charge in [-0.25, -0.2) is 13.2 Å². The van der Waals surface area contributed by atoms with Gasteiger partial charge in [0.15, 0.2) is 11.6 Å². The predicted octanol–water partition coefficient (Wildman–Crippen LogP) is 3.34. The standard InChI is InChI=1S/C11H11F3O/c1-15-10-5-4-8(6-9(10)12)11(13,14)7-2-3-7/h4-7H,2-3H2,1H3. The minimum Gasteiger partial charge on any atom is -0.494 e. The summed E-state index contributed by atoms with van der Waals surface area (Å²) in [7, 11) is 1.30. The van der Waals surface area contributed by atoms with Crippen molar-refractivity contribution in [1.82, 2.24) is 0 Å². The van der Waals surface area contributed by atoms with Gasteiger partial charge in [0.25, 0.3) is 5.92 Å². The first-order valence-corrected chi connectivity index (χ1v) is 4.77. The Kier molecular flexibility index (Phi) is 2.37. The minimum atomic E-state index is -2.91. The van der Waals surface area contributed by atoms with Gasteiger partial charge in [-0.3, -0.25) is 0 Å². The Labute approximate surface area is 85.9 Å². The maximum Gasteiger partial charge on any atom is 0.276 e. The van der Waals surface area contributed by atoms with Crippen LogP contribution in [0.15, 0.2) is 18.2 Å². The van der Waals surface area contributed by atoms with E-state index in [0.717, 1.165) is 6.07 Å². The molecule has 0 unspecified atom stereocenters. The molecule has 1 fully saturated rings. The maximum absolute atomic E-state index is 13.5. The zero-order chi connectivity index (χ0) is 11.1. The fourth-order valence-electron chi connectivity index (χ4n) is 1.56. The number of hydrogen-bond acceptors (Lipinski definition) is 1. The molecule has 0 radical (unpaired) electrons. The second-order valence-electron chi connectivity index (χ2n) is 3.75. The molecule has 0 heterocycles. The first-order chi connectivity index (χ1) is 7.05. The van der Waals surface area contributed by atoms with Crippen molar-refractivity contribution in [3.63, 3.8) is 0 Å². The summed E-state index contributed by atoms with van der Waals surface area (Å²) in [5.41, 5.74) is -0.261. The van der Waals surface area contributed by atoms with Crippen LogP contribution < -0.4 is 4.74 Å². The third kappa shape index (κ3) is 1.80. The summed E-state index contributed by atoms with van der Waals surface area (Å²) in [5.74, 6) is -4.28. The number of alkyl halides is 2. The van der Waals surface area contributed by atoms with Gasteiger partial charge in [0.2, 0.25) is 0 Å². The Morgan fingerprint density at radius 3 is 2.47 bits per heavy atom. The van der Waals surface area contributed by atoms with Gasteiger partial charge in [-0.05, 0) is 31.0 Å². The van der Waals surface area contributed by atoms with Crippen molar-refractivity contribution in [2.75, 3.05) is 7.11 Å². The van der Waals surface area contributed by atoms with Crippen LogP contribution in [-0.4, -0.2) is 7.11 Å². The molecule has 1 saturated carbocycles. The second kappa shape index (κ2) is 3.43. The van der Waals surface area contributed by atoms with Crippen molar-refractivity contribution < 1.29 is 17.9 Å². The van der Waals surface area contributed by atoms with Crippen molar-refractivity contribution in [3.8, 4) is 5.75 Å². The largest absolute Gasteiger partial charge is 0.494 e. The van der Waals surface area contributed by atoms with Crippen LogP contribution in [0.4, 0.5) is 13.2 Å². The van der Waals surface area contributed by atoms with Crippen molar-refractivity contribution in [1.29, 1.82) is 0 Å². The Bertz CT molecular complexity index is 372. The third-order valence-electron chi connectivity index (χ3n) is 2.63. The molecule has 15 heavy (non-hydrogen) atoms. The minimum absolute atomic E-state index is 0.00894. The van der Waals surface area contributed by atoms with Crippen LogP contribution in [-0.2, 0) is 5.92 Å². The van der Waals surface area contributed by atoms with Crippen LogP contribution in [0.2, 0.25) is 0 Å². The molecule has 0 saturated heterocycles. The van der Waals surface area contributed by atoms with E-state index in [1.54, 1.807) is 0 Å². The Morgan fingerprint density at radius 1 is 1.33 bits per heavy atom. The van der Waals surface area contributed by atoms with E-state index in [1.807, 2.05) is 0 Å². The van der Waals surface area contributed by atoms with Crippen LogP contribution in [0, 0.1) is 11.7 Å². The zero-order valence-electron chi connectivity index (χ0n) is 8.27. The molecule has 0 spiro atoms. The first-order valence-electron chi connectivity index (χ1n) is 4.77. The van der Waals surface area contributed by atoms with Crippen molar-refractivity contribution in [3.05, 3.63) is 29.6 Å². The SMILES string of the molecule is COc1ccc(C(F)(F)C2CC2)cc1F. The number of hydrogen-bond donors (Lipinski definition) is 0. The summed E-state index contributed by atoms with van der Waals surface area (Å²) < 4.78 is 45.0. The maximum atomic E-state index is 13.5. The number of halogens is 3. The fourth-order valence-corrected chi connectivity index (χ4v) is 1.56. The van der Waals surface area contributed by atoms with E-state index < -0.39 is 17.7 Å². The summed E-state index contributed by atoms with van der Waals surface area (Å²) in [4.78, 5) is 0. The predicted molar refractivity (Wildman–Crippen MR) is 49.6 cm³/mol. The molecule has 4 heteroatoms. The Hall–Kier alpha value is -1.19. The first kappa shape index (κ1) is 10.3. The lowest BCUT2D eigenvalue weighted by atomic mass is 10.0. The van der Waals surface area contributed by atoms with Gasteiger partial charge < -0.3 is 4.74 Å². The molecule has 1 nitrogen and oxygen atoms in total. The van der Waals surface area contributed by atoms with E-state index in [-0.39, 0.29) is 11.3 Å². The molecule has 1 aliphatic rings. The van der Waals surface area contributed by atoms with E-state index in [9.17, 15) is 13.2 Å². The molecule has 0 aliphatic heterocycles. The topological polar surface area (TPSA) is 9.23 Å². The van der Waals surface area contributed by atoms with E-state index in [1.165, 1.54) is 19.2 Å². The van der Waals surface area contributed by atoms with Gasteiger partial charge in [0.1, 0.15) is 0 Å². The highest BCUT2D eigenvalue weighted by Crippen LogP contribution is 2.49. The van der Waals surface area contributed by atoms with Crippen LogP contribution in [0.25, 0.3) is 0 Å².